The van der Waals surface area contributed by atoms with Gasteiger partial charge in [-0.2, -0.15) is 0 Å². The Morgan fingerprint density at radius 2 is 1.94 bits per heavy atom. The van der Waals surface area contributed by atoms with Crippen LogP contribution >= 0.6 is 0 Å². The molecule has 0 amide bonds. The zero-order chi connectivity index (χ0) is 24.1. The van der Waals surface area contributed by atoms with Crippen molar-refractivity contribution >= 4 is 11.0 Å². The third-order valence-corrected chi connectivity index (χ3v) is 5.48. The molecule has 1 N–H and O–H groups in total. The molecular formula is C25H27N3O6. The Balaban J connectivity index is 1.33. The molecule has 0 aliphatic carbocycles. The fourth-order valence-corrected chi connectivity index (χ4v) is 3.72. The molecule has 2 aromatic heterocycles. The number of methoxy groups -OCH3 is 1. The lowest BCUT2D eigenvalue weighted by atomic mass is 10.0. The van der Waals surface area contributed by atoms with Crippen LogP contribution in [-0.2, 0) is 19.6 Å². The minimum Gasteiger partial charge on any atom is -0.493 e. The average Bonchev–Trinajstić information content (AvgIpc) is 3.28. The number of aliphatic hydroxyl groups is 1. The summed E-state index contributed by atoms with van der Waals surface area (Å²) < 4.78 is 23.7. The van der Waals surface area contributed by atoms with Crippen LogP contribution < -0.4 is 19.8 Å². The molecule has 4 rings (SSSR count). The number of hydrogen-bond acceptors (Lipinski definition) is 8. The van der Waals surface area contributed by atoms with Gasteiger partial charge in [0.2, 0.25) is 0 Å². The normalized spacial score (nSPS) is 12.0. The molecule has 34 heavy (non-hydrogen) atoms. The SMILES string of the molecule is CCc1c(C)c2ccc(OCC(O)Cn3cc(COc4ccccc4OC)nn3)cc2oc1=O. The highest BCUT2D eigenvalue weighted by molar-refractivity contribution is 5.82. The van der Waals surface area contributed by atoms with E-state index in [1.807, 2.05) is 44.2 Å². The molecule has 9 heteroatoms. The highest BCUT2D eigenvalue weighted by Crippen LogP contribution is 2.26. The summed E-state index contributed by atoms with van der Waals surface area (Å²) in [6.45, 7) is 4.29. The zero-order valence-electron chi connectivity index (χ0n) is 19.4. The predicted molar refractivity (Wildman–Crippen MR) is 125 cm³/mol. The van der Waals surface area contributed by atoms with Crippen LogP contribution in [0.5, 0.6) is 17.2 Å². The fourth-order valence-electron chi connectivity index (χ4n) is 3.72. The third-order valence-electron chi connectivity index (χ3n) is 5.48. The molecule has 0 saturated carbocycles. The number of rotatable bonds is 10. The minimum atomic E-state index is -0.823. The zero-order valence-corrected chi connectivity index (χ0v) is 19.4. The number of fused-ring (bicyclic) bond motifs is 1. The molecule has 1 atom stereocenters. The van der Waals surface area contributed by atoms with Gasteiger partial charge in [0.1, 0.15) is 36.3 Å². The number of benzene rings is 2. The van der Waals surface area contributed by atoms with Gasteiger partial charge in [-0.1, -0.05) is 24.3 Å². The van der Waals surface area contributed by atoms with Crippen LogP contribution in [-0.4, -0.2) is 39.9 Å². The molecule has 9 nitrogen and oxygen atoms in total. The number of ether oxygens (including phenoxy) is 3. The molecule has 0 saturated heterocycles. The van der Waals surface area contributed by atoms with E-state index in [1.54, 1.807) is 25.4 Å². The quantitative estimate of drug-likeness (QED) is 0.356. The smallest absolute Gasteiger partial charge is 0.339 e. The van der Waals surface area contributed by atoms with Gasteiger partial charge in [0.25, 0.3) is 0 Å². The summed E-state index contributed by atoms with van der Waals surface area (Å²) in [6, 6.07) is 12.7. The van der Waals surface area contributed by atoms with Crippen molar-refractivity contribution in [1.82, 2.24) is 15.0 Å². The van der Waals surface area contributed by atoms with E-state index < -0.39 is 6.10 Å². The van der Waals surface area contributed by atoms with Crippen LogP contribution in [0.4, 0.5) is 0 Å². The highest BCUT2D eigenvalue weighted by atomic mass is 16.5. The Morgan fingerprint density at radius 1 is 1.15 bits per heavy atom. The first kappa shape index (κ1) is 23.3. The summed E-state index contributed by atoms with van der Waals surface area (Å²) >= 11 is 0. The van der Waals surface area contributed by atoms with Gasteiger partial charge >= 0.3 is 5.63 Å². The van der Waals surface area contributed by atoms with E-state index in [9.17, 15) is 9.90 Å². The second kappa shape index (κ2) is 10.4. The van der Waals surface area contributed by atoms with Crippen LogP contribution in [0.3, 0.4) is 0 Å². The molecule has 4 aromatic rings. The Hall–Kier alpha value is -3.85. The summed E-state index contributed by atoms with van der Waals surface area (Å²) in [7, 11) is 1.58. The van der Waals surface area contributed by atoms with Gasteiger partial charge in [0, 0.05) is 17.0 Å². The predicted octanol–water partition coefficient (Wildman–Crippen LogP) is 3.28. The third kappa shape index (κ3) is 5.20. The highest BCUT2D eigenvalue weighted by Gasteiger charge is 2.13. The number of aliphatic hydroxyl groups excluding tert-OH is 1. The van der Waals surface area contributed by atoms with Gasteiger partial charge in [-0.25, -0.2) is 9.48 Å². The molecule has 0 aliphatic heterocycles. The lowest BCUT2D eigenvalue weighted by Gasteiger charge is -2.13. The first-order valence-electron chi connectivity index (χ1n) is 11.0. The van der Waals surface area contributed by atoms with Crippen molar-refractivity contribution in [3.05, 3.63) is 75.9 Å². The van der Waals surface area contributed by atoms with E-state index in [2.05, 4.69) is 10.3 Å². The monoisotopic (exact) mass is 465 g/mol. The lowest BCUT2D eigenvalue weighted by Crippen LogP contribution is -2.24. The molecule has 2 heterocycles. The van der Waals surface area contributed by atoms with Gasteiger partial charge in [-0.3, -0.25) is 0 Å². The molecule has 1 unspecified atom stereocenters. The number of aromatic nitrogens is 3. The van der Waals surface area contributed by atoms with Crippen molar-refractivity contribution in [2.75, 3.05) is 13.7 Å². The van der Waals surface area contributed by atoms with Crippen molar-refractivity contribution in [3.8, 4) is 17.2 Å². The summed E-state index contributed by atoms with van der Waals surface area (Å²) in [5.41, 5.74) is 2.34. The van der Waals surface area contributed by atoms with E-state index in [0.717, 1.165) is 10.9 Å². The maximum Gasteiger partial charge on any atom is 0.339 e. The van der Waals surface area contributed by atoms with Crippen molar-refractivity contribution in [1.29, 1.82) is 0 Å². The van der Waals surface area contributed by atoms with Gasteiger partial charge in [0.15, 0.2) is 11.5 Å². The molecular weight excluding hydrogens is 438 g/mol. The first-order chi connectivity index (χ1) is 16.5. The Labute approximate surface area is 196 Å². The molecule has 0 bridgehead atoms. The van der Waals surface area contributed by atoms with Crippen LogP contribution in [0.25, 0.3) is 11.0 Å². The van der Waals surface area contributed by atoms with Crippen LogP contribution in [0.2, 0.25) is 0 Å². The lowest BCUT2D eigenvalue weighted by molar-refractivity contribution is 0.0888. The largest absolute Gasteiger partial charge is 0.493 e. The number of aryl methyl sites for hydroxylation is 1. The van der Waals surface area contributed by atoms with E-state index in [1.165, 1.54) is 4.68 Å². The number of nitrogens with zero attached hydrogens (tertiary/aromatic N) is 3. The maximum absolute atomic E-state index is 12.1. The summed E-state index contributed by atoms with van der Waals surface area (Å²) in [5, 5.41) is 19.4. The van der Waals surface area contributed by atoms with Crippen LogP contribution in [0.15, 0.2) is 57.9 Å². The molecule has 0 fully saturated rings. The molecule has 2 aromatic carbocycles. The van der Waals surface area contributed by atoms with Crippen molar-refractivity contribution < 1.29 is 23.7 Å². The van der Waals surface area contributed by atoms with Gasteiger partial charge in [-0.05, 0) is 43.2 Å². The summed E-state index contributed by atoms with van der Waals surface area (Å²) in [5.74, 6) is 1.75. The Morgan fingerprint density at radius 3 is 2.71 bits per heavy atom. The Bertz CT molecular complexity index is 1330. The molecule has 178 valence electrons. The van der Waals surface area contributed by atoms with Crippen LogP contribution in [0, 0.1) is 6.92 Å². The van der Waals surface area contributed by atoms with Gasteiger partial charge < -0.3 is 23.7 Å². The standard InChI is InChI=1S/C25H27N3O6/c1-4-20-16(2)21-10-9-19(11-24(21)34-25(20)30)32-15-18(29)13-28-12-17(26-27-28)14-33-23-8-6-5-7-22(23)31-3/h5-12,18,29H,4,13-15H2,1-3H3. The second-order valence-corrected chi connectivity index (χ2v) is 7.84. The fraction of sp³-hybridized carbons (Fsp3) is 0.320. The maximum atomic E-state index is 12.1. The minimum absolute atomic E-state index is 0.0364. The summed E-state index contributed by atoms with van der Waals surface area (Å²) in [6.07, 6.45) is 1.50. The van der Waals surface area contributed by atoms with E-state index in [0.29, 0.717) is 40.5 Å². The molecule has 0 aliphatic rings. The number of para-hydroxylation sites is 2. The van der Waals surface area contributed by atoms with Crippen molar-refractivity contribution in [3.63, 3.8) is 0 Å². The average molecular weight is 466 g/mol. The van der Waals surface area contributed by atoms with Gasteiger partial charge in [-0.15, -0.1) is 5.10 Å². The van der Waals surface area contributed by atoms with E-state index >= 15 is 0 Å². The topological polar surface area (TPSA) is 109 Å². The van der Waals surface area contributed by atoms with E-state index in [-0.39, 0.29) is 25.4 Å². The summed E-state index contributed by atoms with van der Waals surface area (Å²) in [4.78, 5) is 12.1. The molecule has 0 spiro atoms. The molecule has 0 radical (unpaired) electrons. The van der Waals surface area contributed by atoms with Gasteiger partial charge in [0.05, 0.1) is 19.9 Å². The number of hydrogen-bond donors (Lipinski definition) is 1. The van der Waals surface area contributed by atoms with E-state index in [4.69, 9.17) is 18.6 Å². The second-order valence-electron chi connectivity index (χ2n) is 7.84. The van der Waals surface area contributed by atoms with Crippen LogP contribution in [0.1, 0.15) is 23.7 Å². The van der Waals surface area contributed by atoms with Crippen molar-refractivity contribution in [2.24, 2.45) is 0 Å². The van der Waals surface area contributed by atoms with Crippen molar-refractivity contribution in [2.45, 2.75) is 39.5 Å². The Kier molecular flexibility index (Phi) is 7.12. The first-order valence-corrected chi connectivity index (χ1v) is 11.0.